The zero-order valence-electron chi connectivity index (χ0n) is 15.4. The summed E-state index contributed by atoms with van der Waals surface area (Å²) < 4.78 is 12.9. The summed E-state index contributed by atoms with van der Waals surface area (Å²) in [7, 11) is 4.52. The number of ether oxygens (including phenoxy) is 2. The third-order valence-corrected chi connectivity index (χ3v) is 8.84. The van der Waals surface area contributed by atoms with Crippen molar-refractivity contribution in [3.63, 3.8) is 0 Å². The van der Waals surface area contributed by atoms with Crippen molar-refractivity contribution in [1.29, 1.82) is 0 Å². The quantitative estimate of drug-likeness (QED) is 0.471. The summed E-state index contributed by atoms with van der Waals surface area (Å²) in [6.45, 7) is -0.289. The van der Waals surface area contributed by atoms with Gasteiger partial charge in [0.25, 0.3) is 0 Å². The van der Waals surface area contributed by atoms with E-state index in [-0.39, 0.29) is 18.7 Å². The summed E-state index contributed by atoms with van der Waals surface area (Å²) in [6.07, 6.45) is 2.19. The van der Waals surface area contributed by atoms with Crippen LogP contribution in [-0.4, -0.2) is 66.7 Å². The van der Waals surface area contributed by atoms with Crippen molar-refractivity contribution in [2.24, 2.45) is 0 Å². The lowest BCUT2D eigenvalue weighted by Crippen LogP contribution is -2.60. The fraction of sp³-hybridized carbons (Fsp3) is 0.550. The number of aliphatic hydroxyl groups excluding tert-OH is 1. The molecule has 0 aliphatic carbocycles. The van der Waals surface area contributed by atoms with E-state index in [1.807, 2.05) is 35.0 Å². The lowest BCUT2D eigenvalue weighted by Gasteiger charge is -2.45. The molecule has 0 spiro atoms. The minimum Gasteiger partial charge on any atom is -0.461 e. The van der Waals surface area contributed by atoms with Crippen LogP contribution in [-0.2, 0) is 19.7 Å². The molecular formula is C20H24NO4S2+. The van der Waals surface area contributed by atoms with Gasteiger partial charge in [0.1, 0.15) is 30.4 Å². The first-order valence-corrected chi connectivity index (χ1v) is 11.1. The molecular weight excluding hydrogens is 382 g/mol. The first-order chi connectivity index (χ1) is 13.0. The van der Waals surface area contributed by atoms with Crippen LogP contribution in [0.4, 0.5) is 0 Å². The molecule has 7 heteroatoms. The standard InChI is InChI=1S/C20H24NO4S2/c1-21(2)13-9-12(10-14(21)18-17(13)25-18)24-19(23)20(11-22,15-5-3-7-26-15)16-6-4-8-27-16/h3-8,12-14,17-18,22H,9-11H2,1-2H3/q+1/t12?,13-,14+,17-,18+. The highest BCUT2D eigenvalue weighted by Crippen LogP contribution is 2.52. The molecule has 2 bridgehead atoms. The van der Waals surface area contributed by atoms with Crippen LogP contribution >= 0.6 is 22.7 Å². The molecule has 5 atom stereocenters. The van der Waals surface area contributed by atoms with Gasteiger partial charge >= 0.3 is 5.97 Å². The van der Waals surface area contributed by atoms with Gasteiger partial charge in [0.2, 0.25) is 0 Å². The Balaban J connectivity index is 1.42. The number of rotatable bonds is 5. The highest BCUT2D eigenvalue weighted by molar-refractivity contribution is 7.12. The second-order valence-corrected chi connectivity index (χ2v) is 10.2. The molecule has 27 heavy (non-hydrogen) atoms. The van der Waals surface area contributed by atoms with Crippen LogP contribution in [0.3, 0.4) is 0 Å². The number of piperidine rings is 1. The van der Waals surface area contributed by atoms with Gasteiger partial charge in [-0.3, -0.25) is 4.79 Å². The molecule has 0 radical (unpaired) electrons. The summed E-state index contributed by atoms with van der Waals surface area (Å²) in [4.78, 5) is 15.1. The second-order valence-electron chi connectivity index (χ2n) is 8.35. The van der Waals surface area contributed by atoms with Crippen molar-refractivity contribution in [1.82, 2.24) is 0 Å². The molecule has 1 unspecified atom stereocenters. The molecule has 3 fully saturated rings. The van der Waals surface area contributed by atoms with E-state index in [1.54, 1.807) is 0 Å². The molecule has 0 amide bonds. The minimum atomic E-state index is -1.12. The molecule has 2 aromatic heterocycles. The summed E-state index contributed by atoms with van der Waals surface area (Å²) >= 11 is 2.97. The average Bonchev–Trinajstić information content (AvgIpc) is 3.00. The van der Waals surface area contributed by atoms with E-state index in [2.05, 4.69) is 14.1 Å². The number of nitrogens with zero attached hydrogens (tertiary/aromatic N) is 1. The van der Waals surface area contributed by atoms with Crippen LogP contribution in [0, 0.1) is 0 Å². The SMILES string of the molecule is C[N+]1(C)[C@@H]2CC(OC(=O)C(CO)(c3cccs3)c3cccs3)C[C@H]1[C@@H]1O[C@@H]12. The van der Waals surface area contributed by atoms with Gasteiger partial charge in [0, 0.05) is 22.6 Å². The summed E-state index contributed by atoms with van der Waals surface area (Å²) in [6, 6.07) is 8.43. The molecule has 5 heterocycles. The van der Waals surface area contributed by atoms with Gasteiger partial charge in [-0.05, 0) is 22.9 Å². The monoisotopic (exact) mass is 406 g/mol. The van der Waals surface area contributed by atoms with Gasteiger partial charge in [0.15, 0.2) is 5.41 Å². The van der Waals surface area contributed by atoms with E-state index in [0.717, 1.165) is 27.1 Å². The molecule has 1 N–H and O–H groups in total. The Morgan fingerprint density at radius 3 is 2.19 bits per heavy atom. The molecule has 0 aromatic carbocycles. The van der Waals surface area contributed by atoms with Crippen molar-refractivity contribution in [3.05, 3.63) is 44.8 Å². The Morgan fingerprint density at radius 2 is 1.74 bits per heavy atom. The number of thiophene rings is 2. The second kappa shape index (κ2) is 6.12. The number of carbonyl (C=O) groups is 1. The number of carbonyl (C=O) groups excluding carboxylic acids is 1. The maximum absolute atomic E-state index is 13.4. The average molecular weight is 407 g/mol. The number of esters is 1. The summed E-state index contributed by atoms with van der Waals surface area (Å²) in [5, 5.41) is 14.2. The van der Waals surface area contributed by atoms with Crippen molar-refractivity contribution in [3.8, 4) is 0 Å². The Kier molecular flexibility index (Phi) is 4.04. The molecule has 0 saturated carbocycles. The van der Waals surface area contributed by atoms with Crippen molar-refractivity contribution < 1.29 is 23.9 Å². The minimum absolute atomic E-state index is 0.110. The van der Waals surface area contributed by atoms with Gasteiger partial charge < -0.3 is 19.1 Å². The first-order valence-electron chi connectivity index (χ1n) is 9.37. The number of fused-ring (bicyclic) bond motifs is 5. The van der Waals surface area contributed by atoms with E-state index in [4.69, 9.17) is 9.47 Å². The van der Waals surface area contributed by atoms with Crippen LogP contribution < -0.4 is 0 Å². The zero-order valence-corrected chi connectivity index (χ0v) is 17.0. The summed E-state index contributed by atoms with van der Waals surface area (Å²) in [5.41, 5.74) is -1.12. The number of likely N-dealkylation sites (N-methyl/N-ethyl adjacent to an activating group) is 1. The van der Waals surface area contributed by atoms with E-state index >= 15 is 0 Å². The number of morpholine rings is 1. The van der Waals surface area contributed by atoms with Crippen LogP contribution in [0.25, 0.3) is 0 Å². The van der Waals surface area contributed by atoms with E-state index in [9.17, 15) is 9.90 Å². The molecule has 5 rings (SSSR count). The smallest absolute Gasteiger partial charge is 0.325 e. The Labute approximate surface area is 166 Å². The zero-order chi connectivity index (χ0) is 18.8. The van der Waals surface area contributed by atoms with Gasteiger partial charge in [-0.15, -0.1) is 22.7 Å². The number of aliphatic hydroxyl groups is 1. The number of quaternary nitrogens is 1. The molecule has 3 aliphatic heterocycles. The highest BCUT2D eigenvalue weighted by atomic mass is 32.1. The third-order valence-electron chi connectivity index (χ3n) is 6.78. The number of hydrogen-bond acceptors (Lipinski definition) is 6. The van der Waals surface area contributed by atoms with Crippen molar-refractivity contribution >= 4 is 28.6 Å². The van der Waals surface area contributed by atoms with Crippen LogP contribution in [0.2, 0.25) is 0 Å². The molecule has 3 aliphatic rings. The molecule has 144 valence electrons. The van der Waals surface area contributed by atoms with Gasteiger partial charge in [-0.25, -0.2) is 0 Å². The first kappa shape index (κ1) is 17.8. The lowest BCUT2D eigenvalue weighted by atomic mass is 9.85. The van der Waals surface area contributed by atoms with E-state index in [1.165, 1.54) is 22.7 Å². The van der Waals surface area contributed by atoms with Crippen molar-refractivity contribution in [2.45, 2.75) is 48.7 Å². The predicted octanol–water partition coefficient (Wildman–Crippen LogP) is 2.39. The van der Waals surface area contributed by atoms with Crippen LogP contribution in [0.15, 0.2) is 35.0 Å². The Hall–Kier alpha value is -1.25. The number of epoxide rings is 1. The Morgan fingerprint density at radius 1 is 1.19 bits per heavy atom. The third kappa shape index (κ3) is 2.49. The Bertz CT molecular complexity index is 778. The number of hydrogen-bond donors (Lipinski definition) is 1. The van der Waals surface area contributed by atoms with Gasteiger partial charge in [0.05, 0.1) is 20.7 Å². The van der Waals surface area contributed by atoms with E-state index < -0.39 is 5.41 Å². The topological polar surface area (TPSA) is 59.1 Å². The fourth-order valence-electron chi connectivity index (χ4n) is 5.14. The van der Waals surface area contributed by atoms with Crippen LogP contribution in [0.5, 0.6) is 0 Å². The molecule has 2 aromatic rings. The maximum atomic E-state index is 13.4. The maximum Gasteiger partial charge on any atom is 0.325 e. The van der Waals surface area contributed by atoms with Gasteiger partial charge in [-0.1, -0.05) is 12.1 Å². The highest BCUT2D eigenvalue weighted by Gasteiger charge is 2.71. The molecule has 5 nitrogen and oxygen atoms in total. The predicted molar refractivity (Wildman–Crippen MR) is 104 cm³/mol. The van der Waals surface area contributed by atoms with Crippen LogP contribution in [0.1, 0.15) is 22.6 Å². The summed E-state index contributed by atoms with van der Waals surface area (Å²) in [5.74, 6) is -0.332. The van der Waals surface area contributed by atoms with Gasteiger partial charge in [-0.2, -0.15) is 0 Å². The van der Waals surface area contributed by atoms with E-state index in [0.29, 0.717) is 24.3 Å². The fourth-order valence-corrected chi connectivity index (χ4v) is 7.04. The lowest BCUT2D eigenvalue weighted by molar-refractivity contribution is -0.938. The normalized spacial score (nSPS) is 33.5. The van der Waals surface area contributed by atoms with Crippen molar-refractivity contribution in [2.75, 3.05) is 20.7 Å². The largest absolute Gasteiger partial charge is 0.461 e. The molecule has 3 saturated heterocycles.